The van der Waals surface area contributed by atoms with Crippen molar-refractivity contribution in [1.29, 1.82) is 0 Å². The molecule has 7 nitrogen and oxygen atoms in total. The lowest BCUT2D eigenvalue weighted by Gasteiger charge is -2.11. The van der Waals surface area contributed by atoms with Gasteiger partial charge in [0, 0.05) is 64.5 Å². The first-order valence-electron chi connectivity index (χ1n) is 11.2. The van der Waals surface area contributed by atoms with Crippen LogP contribution in [0.15, 0.2) is 79.6 Å². The molecule has 0 saturated carbocycles. The zero-order valence-electron chi connectivity index (χ0n) is 18.9. The summed E-state index contributed by atoms with van der Waals surface area (Å²) in [5.74, 6) is 0. The third kappa shape index (κ3) is 3.57. The molecule has 166 valence electrons. The summed E-state index contributed by atoms with van der Waals surface area (Å²) in [5.41, 5.74) is 8.96. The van der Waals surface area contributed by atoms with Crippen LogP contribution in [0.25, 0.3) is 55.4 Å². The van der Waals surface area contributed by atoms with Crippen LogP contribution in [-0.2, 0) is 0 Å². The maximum absolute atomic E-state index is 4.64. The Bertz CT molecular complexity index is 1610. The van der Waals surface area contributed by atoms with Gasteiger partial charge in [-0.05, 0) is 49.7 Å². The molecule has 7 heteroatoms. The summed E-state index contributed by atoms with van der Waals surface area (Å²) in [7, 11) is 0. The minimum Gasteiger partial charge on any atom is -0.382 e. The van der Waals surface area contributed by atoms with E-state index >= 15 is 0 Å². The van der Waals surface area contributed by atoms with Crippen LogP contribution < -0.4 is 5.32 Å². The van der Waals surface area contributed by atoms with Crippen LogP contribution in [0, 0.1) is 0 Å². The van der Waals surface area contributed by atoms with E-state index in [0.717, 1.165) is 61.1 Å². The van der Waals surface area contributed by atoms with E-state index in [4.69, 9.17) is 0 Å². The number of nitrogens with zero attached hydrogens (tertiary/aromatic N) is 4. The summed E-state index contributed by atoms with van der Waals surface area (Å²) in [5, 5.41) is 13.4. The maximum Gasteiger partial charge on any atom is 0.116 e. The quantitative estimate of drug-likeness (QED) is 0.300. The number of aromatic amines is 2. The van der Waals surface area contributed by atoms with Gasteiger partial charge in [0.05, 0.1) is 28.6 Å². The Kier molecular flexibility index (Phi) is 4.80. The molecule has 0 amide bonds. The van der Waals surface area contributed by atoms with Crippen molar-refractivity contribution in [2.24, 2.45) is 0 Å². The number of hydrogen-bond acceptors (Lipinski definition) is 5. The summed E-state index contributed by atoms with van der Waals surface area (Å²) < 4.78 is 0. The summed E-state index contributed by atoms with van der Waals surface area (Å²) in [6.45, 7) is 4.23. The van der Waals surface area contributed by atoms with Crippen LogP contribution in [0.4, 0.5) is 5.69 Å². The Morgan fingerprint density at radius 1 is 0.765 bits per heavy atom. The van der Waals surface area contributed by atoms with E-state index in [-0.39, 0.29) is 0 Å². The molecule has 0 radical (unpaired) electrons. The van der Waals surface area contributed by atoms with Gasteiger partial charge in [-0.15, -0.1) is 0 Å². The molecule has 5 aromatic heterocycles. The third-order valence-corrected chi connectivity index (χ3v) is 5.86. The average Bonchev–Trinajstić information content (AvgIpc) is 3.48. The van der Waals surface area contributed by atoms with Crippen LogP contribution in [-0.4, -0.2) is 36.2 Å². The first-order valence-corrected chi connectivity index (χ1v) is 11.2. The van der Waals surface area contributed by atoms with Crippen LogP contribution in [0.3, 0.4) is 0 Å². The fraction of sp³-hybridized carbons (Fsp3) is 0.111. The second kappa shape index (κ2) is 8.12. The molecule has 6 aromatic rings. The topological polar surface area (TPSA) is 95.2 Å². The van der Waals surface area contributed by atoms with E-state index in [9.17, 15) is 0 Å². The average molecular weight is 446 g/mol. The van der Waals surface area contributed by atoms with Crippen molar-refractivity contribution in [3.05, 3.63) is 79.6 Å². The van der Waals surface area contributed by atoms with Gasteiger partial charge in [0.1, 0.15) is 5.69 Å². The molecule has 5 heterocycles. The number of benzene rings is 1. The predicted molar refractivity (Wildman–Crippen MR) is 136 cm³/mol. The lowest BCUT2D eigenvalue weighted by atomic mass is 10.0. The number of anilines is 1. The molecule has 6 rings (SSSR count). The highest BCUT2D eigenvalue weighted by molar-refractivity contribution is 6.01. The monoisotopic (exact) mass is 445 g/mol. The number of pyridine rings is 3. The number of H-pyrrole nitrogens is 2. The normalized spacial score (nSPS) is 11.5. The van der Waals surface area contributed by atoms with Gasteiger partial charge in [0.15, 0.2) is 0 Å². The highest BCUT2D eigenvalue weighted by atomic mass is 15.1. The minimum absolute atomic E-state index is 0.341. The molecule has 0 unspecified atom stereocenters. The largest absolute Gasteiger partial charge is 0.382 e. The lowest BCUT2D eigenvalue weighted by Crippen LogP contribution is -2.09. The van der Waals surface area contributed by atoms with Gasteiger partial charge >= 0.3 is 0 Å². The molecular formula is C27H23N7. The Morgan fingerprint density at radius 3 is 2.50 bits per heavy atom. The molecule has 1 aromatic carbocycles. The molecular weight excluding hydrogens is 422 g/mol. The van der Waals surface area contributed by atoms with E-state index in [2.05, 4.69) is 79.6 Å². The molecule has 0 saturated heterocycles. The maximum atomic E-state index is 4.64. The van der Waals surface area contributed by atoms with Crippen LogP contribution in [0.5, 0.6) is 0 Å². The Hall–Kier alpha value is -4.52. The molecule has 0 aliphatic rings. The zero-order chi connectivity index (χ0) is 23.1. The SMILES string of the molecule is CC(C)Nc1cncc(-c2ccc3[nH]nc(-c4cc5c(-c6cccnc6)cncc5[nH]4)c3c2)c1. The molecule has 34 heavy (non-hydrogen) atoms. The Morgan fingerprint density at radius 2 is 1.65 bits per heavy atom. The first-order chi connectivity index (χ1) is 16.7. The fourth-order valence-corrected chi connectivity index (χ4v) is 4.34. The van der Waals surface area contributed by atoms with Crippen molar-refractivity contribution >= 4 is 27.5 Å². The number of aromatic nitrogens is 6. The van der Waals surface area contributed by atoms with Crippen molar-refractivity contribution in [2.45, 2.75) is 19.9 Å². The summed E-state index contributed by atoms with van der Waals surface area (Å²) in [6.07, 6.45) is 11.1. The molecule has 0 fully saturated rings. The van der Waals surface area contributed by atoms with Crippen LogP contribution >= 0.6 is 0 Å². The van der Waals surface area contributed by atoms with Crippen molar-refractivity contribution in [3.8, 4) is 33.6 Å². The van der Waals surface area contributed by atoms with Gasteiger partial charge in [0.2, 0.25) is 0 Å². The lowest BCUT2D eigenvalue weighted by molar-refractivity contribution is 0.898. The van der Waals surface area contributed by atoms with E-state index in [1.54, 1.807) is 6.20 Å². The number of hydrogen-bond donors (Lipinski definition) is 3. The van der Waals surface area contributed by atoms with Crippen molar-refractivity contribution in [1.82, 2.24) is 30.1 Å². The predicted octanol–water partition coefficient (Wildman–Crippen LogP) is 6.05. The van der Waals surface area contributed by atoms with Gasteiger partial charge in [-0.2, -0.15) is 5.10 Å². The van der Waals surface area contributed by atoms with Gasteiger partial charge in [0.25, 0.3) is 0 Å². The standard InChI is InChI=1S/C27H23N7/c1-16(2)31-20-8-19(12-29-13-20)17-5-6-24-22(9-17)27(34-33-24)25-10-21-23(14-30-15-26(21)32-25)18-4-3-7-28-11-18/h3-16,31-32H,1-2H3,(H,33,34). The number of rotatable bonds is 5. The van der Waals surface area contributed by atoms with E-state index in [1.807, 2.05) is 43.1 Å². The highest BCUT2D eigenvalue weighted by Gasteiger charge is 2.15. The highest BCUT2D eigenvalue weighted by Crippen LogP contribution is 2.34. The minimum atomic E-state index is 0.341. The first kappa shape index (κ1) is 20.1. The Balaban J connectivity index is 1.45. The van der Waals surface area contributed by atoms with E-state index in [1.165, 1.54) is 0 Å². The summed E-state index contributed by atoms with van der Waals surface area (Å²) in [6, 6.07) is 14.9. The van der Waals surface area contributed by atoms with Crippen LogP contribution in [0.2, 0.25) is 0 Å². The smallest absolute Gasteiger partial charge is 0.116 e. The Labute approximate surface area is 196 Å². The fourth-order valence-electron chi connectivity index (χ4n) is 4.34. The van der Waals surface area contributed by atoms with Gasteiger partial charge in [-0.25, -0.2) is 0 Å². The summed E-state index contributed by atoms with van der Waals surface area (Å²) in [4.78, 5) is 16.6. The van der Waals surface area contributed by atoms with Crippen molar-refractivity contribution in [2.75, 3.05) is 5.32 Å². The van der Waals surface area contributed by atoms with Gasteiger partial charge < -0.3 is 10.3 Å². The zero-order valence-corrected chi connectivity index (χ0v) is 18.9. The molecule has 0 aliphatic heterocycles. The molecule has 0 aliphatic carbocycles. The molecule has 0 spiro atoms. The number of fused-ring (bicyclic) bond motifs is 2. The molecule has 0 atom stereocenters. The van der Waals surface area contributed by atoms with E-state index < -0.39 is 0 Å². The van der Waals surface area contributed by atoms with Gasteiger partial charge in [-0.3, -0.25) is 20.1 Å². The second-order valence-corrected chi connectivity index (χ2v) is 8.67. The van der Waals surface area contributed by atoms with Crippen molar-refractivity contribution < 1.29 is 0 Å². The molecule has 0 bridgehead atoms. The van der Waals surface area contributed by atoms with Crippen molar-refractivity contribution in [3.63, 3.8) is 0 Å². The molecule has 3 N–H and O–H groups in total. The third-order valence-electron chi connectivity index (χ3n) is 5.86. The van der Waals surface area contributed by atoms with Crippen LogP contribution in [0.1, 0.15) is 13.8 Å². The van der Waals surface area contributed by atoms with Gasteiger partial charge in [-0.1, -0.05) is 12.1 Å². The summed E-state index contributed by atoms with van der Waals surface area (Å²) >= 11 is 0. The second-order valence-electron chi connectivity index (χ2n) is 8.67. The number of nitrogens with one attached hydrogen (secondary N) is 3. The van der Waals surface area contributed by atoms with E-state index in [0.29, 0.717) is 6.04 Å².